The van der Waals surface area contributed by atoms with Crippen molar-refractivity contribution in [3.63, 3.8) is 0 Å². The van der Waals surface area contributed by atoms with Crippen LogP contribution in [-0.2, 0) is 0 Å². The third-order valence-corrected chi connectivity index (χ3v) is 4.33. The van der Waals surface area contributed by atoms with Gasteiger partial charge >= 0.3 is 11.6 Å². The standard InChI is InChI=1S/C19H22N4O3/c1-14-7-9-16(10-8-14)26-19-17(23(24)25)18(21-13-22-19)20-12-11-15-5-3-2-4-6-15/h5,7-10,13H,2-4,6,11-12H2,1H3,(H,20,21,22). The highest BCUT2D eigenvalue weighted by Gasteiger charge is 2.25. The van der Waals surface area contributed by atoms with Gasteiger partial charge in [-0.1, -0.05) is 29.3 Å². The Balaban J connectivity index is 1.73. The van der Waals surface area contributed by atoms with Crippen molar-refractivity contribution in [1.29, 1.82) is 0 Å². The number of aryl methyl sites for hydroxylation is 1. The molecule has 2 aromatic rings. The van der Waals surface area contributed by atoms with Crippen molar-refractivity contribution in [2.24, 2.45) is 0 Å². The Morgan fingerprint density at radius 2 is 2.04 bits per heavy atom. The molecular weight excluding hydrogens is 332 g/mol. The lowest BCUT2D eigenvalue weighted by Gasteiger charge is -2.13. The van der Waals surface area contributed by atoms with E-state index < -0.39 is 4.92 Å². The summed E-state index contributed by atoms with van der Waals surface area (Å²) in [5.41, 5.74) is 2.23. The lowest BCUT2D eigenvalue weighted by Crippen LogP contribution is -2.09. The van der Waals surface area contributed by atoms with Gasteiger partial charge in [-0.15, -0.1) is 0 Å². The SMILES string of the molecule is Cc1ccc(Oc2ncnc(NCCC3=CCCCC3)c2[N+](=O)[O-])cc1. The first-order valence-corrected chi connectivity index (χ1v) is 8.79. The first-order chi connectivity index (χ1) is 12.6. The lowest BCUT2D eigenvalue weighted by molar-refractivity contribution is -0.385. The van der Waals surface area contributed by atoms with E-state index in [-0.39, 0.29) is 17.4 Å². The van der Waals surface area contributed by atoms with Crippen LogP contribution in [0.2, 0.25) is 0 Å². The van der Waals surface area contributed by atoms with Crippen LogP contribution >= 0.6 is 0 Å². The highest BCUT2D eigenvalue weighted by atomic mass is 16.6. The van der Waals surface area contributed by atoms with Gasteiger partial charge in [-0.05, 0) is 51.2 Å². The second-order valence-electron chi connectivity index (χ2n) is 6.33. The number of nitrogens with one attached hydrogen (secondary N) is 1. The van der Waals surface area contributed by atoms with Gasteiger partial charge in [-0.25, -0.2) is 4.98 Å². The molecule has 0 radical (unpaired) electrons. The van der Waals surface area contributed by atoms with Gasteiger partial charge in [0.05, 0.1) is 4.92 Å². The highest BCUT2D eigenvalue weighted by Crippen LogP contribution is 2.34. The minimum atomic E-state index is -0.508. The topological polar surface area (TPSA) is 90.2 Å². The summed E-state index contributed by atoms with van der Waals surface area (Å²) in [4.78, 5) is 19.0. The monoisotopic (exact) mass is 354 g/mol. The molecule has 0 fully saturated rings. The molecule has 0 saturated heterocycles. The Labute approximate surface area is 152 Å². The van der Waals surface area contributed by atoms with Crippen molar-refractivity contribution < 1.29 is 9.66 Å². The van der Waals surface area contributed by atoms with Crippen molar-refractivity contribution in [1.82, 2.24) is 9.97 Å². The molecule has 0 amide bonds. The Kier molecular flexibility index (Phi) is 5.78. The average Bonchev–Trinajstić information content (AvgIpc) is 2.64. The van der Waals surface area contributed by atoms with E-state index in [2.05, 4.69) is 21.4 Å². The molecule has 1 aromatic carbocycles. The first-order valence-electron chi connectivity index (χ1n) is 8.79. The van der Waals surface area contributed by atoms with Crippen molar-refractivity contribution in [2.45, 2.75) is 39.0 Å². The van der Waals surface area contributed by atoms with Crippen LogP contribution in [0.3, 0.4) is 0 Å². The summed E-state index contributed by atoms with van der Waals surface area (Å²) in [5, 5.41) is 14.6. The Morgan fingerprint density at radius 1 is 1.23 bits per heavy atom. The van der Waals surface area contributed by atoms with Gasteiger partial charge in [0, 0.05) is 6.54 Å². The molecule has 3 rings (SSSR count). The fourth-order valence-corrected chi connectivity index (χ4v) is 2.92. The van der Waals surface area contributed by atoms with Crippen LogP contribution in [0, 0.1) is 17.0 Å². The average molecular weight is 354 g/mol. The normalized spacial score (nSPS) is 13.8. The van der Waals surface area contributed by atoms with E-state index >= 15 is 0 Å². The quantitative estimate of drug-likeness (QED) is 0.437. The zero-order chi connectivity index (χ0) is 18.4. The number of allylic oxidation sites excluding steroid dienone is 1. The summed E-state index contributed by atoms with van der Waals surface area (Å²) in [7, 11) is 0. The summed E-state index contributed by atoms with van der Waals surface area (Å²) in [6.45, 7) is 2.55. The van der Waals surface area contributed by atoms with E-state index in [1.54, 1.807) is 12.1 Å². The maximum absolute atomic E-state index is 11.5. The predicted octanol–water partition coefficient (Wildman–Crippen LogP) is 4.79. The van der Waals surface area contributed by atoms with Crippen molar-refractivity contribution in [2.75, 3.05) is 11.9 Å². The molecule has 1 aromatic heterocycles. The van der Waals surface area contributed by atoms with Gasteiger partial charge in [-0.2, -0.15) is 4.98 Å². The van der Waals surface area contributed by atoms with Crippen LogP contribution in [-0.4, -0.2) is 21.4 Å². The number of anilines is 1. The first kappa shape index (κ1) is 17.8. The summed E-state index contributed by atoms with van der Waals surface area (Å²) in [5.74, 6) is 0.618. The van der Waals surface area contributed by atoms with E-state index in [0.29, 0.717) is 12.3 Å². The molecule has 1 N–H and O–H groups in total. The Morgan fingerprint density at radius 3 is 2.73 bits per heavy atom. The number of rotatable bonds is 7. The molecule has 7 nitrogen and oxygen atoms in total. The zero-order valence-corrected chi connectivity index (χ0v) is 14.8. The molecule has 0 aliphatic heterocycles. The summed E-state index contributed by atoms with van der Waals surface area (Å²) in [6.07, 6.45) is 9.09. The van der Waals surface area contributed by atoms with Gasteiger partial charge in [0.15, 0.2) is 0 Å². The highest BCUT2D eigenvalue weighted by molar-refractivity contribution is 5.61. The molecule has 136 valence electrons. The minimum Gasteiger partial charge on any atom is -0.434 e. The van der Waals surface area contributed by atoms with E-state index in [9.17, 15) is 10.1 Å². The summed E-state index contributed by atoms with van der Waals surface area (Å²) >= 11 is 0. The Hall–Kier alpha value is -2.96. The van der Waals surface area contributed by atoms with Crippen molar-refractivity contribution >= 4 is 11.5 Å². The molecule has 26 heavy (non-hydrogen) atoms. The number of hydrogen-bond donors (Lipinski definition) is 1. The molecule has 0 spiro atoms. The van der Waals surface area contributed by atoms with Crippen molar-refractivity contribution in [3.8, 4) is 11.6 Å². The van der Waals surface area contributed by atoms with Crippen LogP contribution in [0.1, 0.15) is 37.7 Å². The summed E-state index contributed by atoms with van der Waals surface area (Å²) < 4.78 is 5.62. The number of nitrogens with zero attached hydrogens (tertiary/aromatic N) is 3. The molecular formula is C19H22N4O3. The molecule has 1 heterocycles. The van der Waals surface area contributed by atoms with Gasteiger partial charge in [0.25, 0.3) is 0 Å². The van der Waals surface area contributed by atoms with Crippen LogP contribution in [0.15, 0.2) is 42.2 Å². The number of aromatic nitrogens is 2. The smallest absolute Gasteiger partial charge is 0.373 e. The second kappa shape index (κ2) is 8.42. The molecule has 0 atom stereocenters. The largest absolute Gasteiger partial charge is 0.434 e. The van der Waals surface area contributed by atoms with E-state index in [1.165, 1.54) is 24.7 Å². The van der Waals surface area contributed by atoms with Crippen molar-refractivity contribution in [3.05, 3.63) is 57.9 Å². The molecule has 0 saturated carbocycles. The van der Waals surface area contributed by atoms with Gasteiger partial charge < -0.3 is 10.1 Å². The lowest BCUT2D eigenvalue weighted by atomic mass is 9.97. The second-order valence-corrected chi connectivity index (χ2v) is 6.33. The predicted molar refractivity (Wildman–Crippen MR) is 99.6 cm³/mol. The number of nitro groups is 1. The maximum atomic E-state index is 11.5. The zero-order valence-electron chi connectivity index (χ0n) is 14.8. The van der Waals surface area contributed by atoms with Crippen LogP contribution in [0.5, 0.6) is 11.6 Å². The van der Waals surface area contributed by atoms with Gasteiger partial charge in [-0.3, -0.25) is 10.1 Å². The minimum absolute atomic E-state index is 0.0618. The van der Waals surface area contributed by atoms with E-state index in [1.807, 2.05) is 19.1 Å². The van der Waals surface area contributed by atoms with Crippen LogP contribution in [0.25, 0.3) is 0 Å². The number of ether oxygens (including phenoxy) is 1. The van der Waals surface area contributed by atoms with Crippen LogP contribution < -0.4 is 10.1 Å². The summed E-state index contributed by atoms with van der Waals surface area (Å²) in [6, 6.07) is 7.26. The molecule has 0 bridgehead atoms. The molecule has 1 aliphatic carbocycles. The van der Waals surface area contributed by atoms with Crippen LogP contribution in [0.4, 0.5) is 11.5 Å². The number of benzene rings is 1. The van der Waals surface area contributed by atoms with E-state index in [4.69, 9.17) is 4.74 Å². The van der Waals surface area contributed by atoms with E-state index in [0.717, 1.165) is 24.8 Å². The third-order valence-electron chi connectivity index (χ3n) is 4.33. The van der Waals surface area contributed by atoms with Gasteiger partial charge in [0.1, 0.15) is 12.1 Å². The maximum Gasteiger partial charge on any atom is 0.373 e. The molecule has 1 aliphatic rings. The fourth-order valence-electron chi connectivity index (χ4n) is 2.92. The van der Waals surface area contributed by atoms with Gasteiger partial charge in [0.2, 0.25) is 5.82 Å². The molecule has 0 unspecified atom stereocenters. The third kappa shape index (κ3) is 4.56. The Bertz CT molecular complexity index is 803. The fraction of sp³-hybridized carbons (Fsp3) is 0.368. The molecule has 7 heteroatoms. The number of hydrogen-bond acceptors (Lipinski definition) is 6.